The first-order valence-corrected chi connectivity index (χ1v) is 4.52. The molecule has 80 valence electrons. The van der Waals surface area contributed by atoms with Gasteiger partial charge in [0, 0.05) is 0 Å². The minimum Gasteiger partial charge on any atom is -0.453 e. The maximum Gasteiger partial charge on any atom is 0.375 e. The minimum absolute atomic E-state index is 0. The highest BCUT2D eigenvalue weighted by Crippen LogP contribution is 2.15. The van der Waals surface area contributed by atoms with Gasteiger partial charge in [0.15, 0.2) is 0 Å². The molecule has 1 aliphatic heterocycles. The molecule has 0 saturated carbocycles. The van der Waals surface area contributed by atoms with E-state index in [4.69, 9.17) is 4.74 Å². The standard InChI is InChI=1S/C9H16NO4/c1-10(2,3)5-7(12)8-4-6(11)9(13)14-8/h7-8,12H,4-5H2,1-3H3/q+1. The summed E-state index contributed by atoms with van der Waals surface area (Å²) in [5.74, 6) is -1.37. The Balaban J connectivity index is 2.51. The Bertz CT molecular complexity index is 240. The first kappa shape index (κ1) is 11.1. The van der Waals surface area contributed by atoms with Crippen molar-refractivity contribution >= 4 is 11.8 Å². The van der Waals surface area contributed by atoms with Gasteiger partial charge in [-0.15, -0.1) is 0 Å². The Morgan fingerprint density at radius 3 is 2.43 bits per heavy atom. The molecule has 1 saturated heterocycles. The van der Waals surface area contributed by atoms with Gasteiger partial charge < -0.3 is 14.3 Å². The largest absolute Gasteiger partial charge is 0.453 e. The van der Waals surface area contributed by atoms with Gasteiger partial charge in [-0.2, -0.15) is 0 Å². The number of nitrogens with zero attached hydrogens (tertiary/aromatic N) is 1. The smallest absolute Gasteiger partial charge is 0.375 e. The van der Waals surface area contributed by atoms with E-state index >= 15 is 0 Å². The van der Waals surface area contributed by atoms with Crippen LogP contribution in [-0.4, -0.2) is 61.2 Å². The van der Waals surface area contributed by atoms with E-state index in [2.05, 4.69) is 0 Å². The van der Waals surface area contributed by atoms with Gasteiger partial charge in [0.1, 0.15) is 18.8 Å². The Hall–Kier alpha value is -0.940. The predicted octanol–water partition coefficient (Wildman–Crippen LogP) is -1.06. The van der Waals surface area contributed by atoms with Gasteiger partial charge >= 0.3 is 5.97 Å². The molecule has 0 amide bonds. The summed E-state index contributed by atoms with van der Waals surface area (Å²) in [5.41, 5.74) is 0. The summed E-state index contributed by atoms with van der Waals surface area (Å²) in [4.78, 5) is 21.6. The molecule has 0 radical (unpaired) electrons. The van der Waals surface area contributed by atoms with Crippen LogP contribution in [0.3, 0.4) is 0 Å². The number of likely N-dealkylation sites (N-methyl/N-ethyl adjacent to an activating group) is 1. The number of aliphatic hydroxyl groups is 1. The number of quaternary nitrogens is 1. The number of Topliss-reactive ketones (excluding diaryl/α,β-unsaturated/α-hetero) is 1. The van der Waals surface area contributed by atoms with Crippen molar-refractivity contribution in [2.75, 3.05) is 27.7 Å². The van der Waals surface area contributed by atoms with Crippen molar-refractivity contribution in [3.63, 3.8) is 0 Å². The molecule has 0 aliphatic carbocycles. The summed E-state index contributed by atoms with van der Waals surface area (Å²) in [6, 6.07) is 0. The van der Waals surface area contributed by atoms with Gasteiger partial charge in [0.05, 0.1) is 27.6 Å². The zero-order valence-electron chi connectivity index (χ0n) is 8.69. The number of esters is 1. The molecule has 0 spiro atoms. The van der Waals surface area contributed by atoms with Crippen molar-refractivity contribution < 1.29 is 23.9 Å². The van der Waals surface area contributed by atoms with Crippen LogP contribution in [0.15, 0.2) is 0 Å². The second-order valence-electron chi connectivity index (χ2n) is 4.61. The number of hydrogen-bond donors (Lipinski definition) is 1. The molecule has 0 aromatic heterocycles. The normalized spacial score (nSPS) is 25.0. The van der Waals surface area contributed by atoms with E-state index in [1.54, 1.807) is 0 Å². The average molecular weight is 202 g/mol. The average Bonchev–Trinajstić information content (AvgIpc) is 2.28. The second kappa shape index (κ2) is 3.67. The van der Waals surface area contributed by atoms with Gasteiger partial charge in [-0.3, -0.25) is 4.79 Å². The Morgan fingerprint density at radius 1 is 1.50 bits per heavy atom. The zero-order chi connectivity index (χ0) is 10.9. The second-order valence-corrected chi connectivity index (χ2v) is 4.61. The number of rotatable bonds is 3. The van der Waals surface area contributed by atoms with Gasteiger partial charge in [0.25, 0.3) is 0 Å². The van der Waals surface area contributed by atoms with Crippen LogP contribution in [0, 0.1) is 0 Å². The summed E-state index contributed by atoms with van der Waals surface area (Å²) in [5, 5.41) is 9.68. The third kappa shape index (κ3) is 2.78. The van der Waals surface area contributed by atoms with Gasteiger partial charge in [0.2, 0.25) is 5.78 Å². The van der Waals surface area contributed by atoms with E-state index in [0.29, 0.717) is 11.0 Å². The first-order valence-electron chi connectivity index (χ1n) is 4.52. The van der Waals surface area contributed by atoms with Crippen molar-refractivity contribution in [1.82, 2.24) is 0 Å². The highest BCUT2D eigenvalue weighted by atomic mass is 16.6. The molecule has 5 heteroatoms. The lowest BCUT2D eigenvalue weighted by atomic mass is 10.1. The van der Waals surface area contributed by atoms with Crippen molar-refractivity contribution in [2.45, 2.75) is 18.6 Å². The van der Waals surface area contributed by atoms with Crippen molar-refractivity contribution in [1.29, 1.82) is 0 Å². The molecular formula is C9H16NO4+. The van der Waals surface area contributed by atoms with Crippen LogP contribution in [0.25, 0.3) is 0 Å². The quantitative estimate of drug-likeness (QED) is 0.360. The number of hydrogen-bond acceptors (Lipinski definition) is 4. The molecule has 2 unspecified atom stereocenters. The van der Waals surface area contributed by atoms with Crippen LogP contribution < -0.4 is 0 Å². The summed E-state index contributed by atoms with van der Waals surface area (Å²) >= 11 is 0. The third-order valence-electron chi connectivity index (χ3n) is 2.04. The van der Waals surface area contributed by atoms with Crippen molar-refractivity contribution in [2.24, 2.45) is 0 Å². The highest BCUT2D eigenvalue weighted by molar-refractivity contribution is 6.35. The van der Waals surface area contributed by atoms with Crippen LogP contribution in [0.5, 0.6) is 0 Å². The molecule has 1 fully saturated rings. The van der Waals surface area contributed by atoms with Gasteiger partial charge in [-0.05, 0) is 0 Å². The third-order valence-corrected chi connectivity index (χ3v) is 2.04. The molecule has 0 aromatic rings. The fourth-order valence-electron chi connectivity index (χ4n) is 1.40. The molecule has 1 rings (SSSR count). The summed E-state index contributed by atoms with van der Waals surface area (Å²) in [6.45, 7) is 0.450. The summed E-state index contributed by atoms with van der Waals surface area (Å²) in [6.07, 6.45) is -1.43. The molecule has 5 nitrogen and oxygen atoms in total. The van der Waals surface area contributed by atoms with E-state index in [-0.39, 0.29) is 6.42 Å². The number of ketones is 1. The number of carbonyl (C=O) groups excluding carboxylic acids is 2. The van der Waals surface area contributed by atoms with Crippen molar-refractivity contribution in [3.05, 3.63) is 0 Å². The fraction of sp³-hybridized carbons (Fsp3) is 0.778. The molecule has 1 aliphatic rings. The molecule has 2 atom stereocenters. The van der Waals surface area contributed by atoms with Gasteiger partial charge in [-0.1, -0.05) is 0 Å². The van der Waals surface area contributed by atoms with Gasteiger partial charge in [-0.25, -0.2) is 4.79 Å². The van der Waals surface area contributed by atoms with Crippen molar-refractivity contribution in [3.8, 4) is 0 Å². The number of ether oxygens (including phenoxy) is 1. The van der Waals surface area contributed by atoms with E-state index in [0.717, 1.165) is 0 Å². The molecule has 0 aromatic carbocycles. The Labute approximate surface area is 82.9 Å². The molecule has 14 heavy (non-hydrogen) atoms. The molecule has 1 heterocycles. The lowest BCUT2D eigenvalue weighted by Gasteiger charge is -2.28. The monoisotopic (exact) mass is 202 g/mol. The van der Waals surface area contributed by atoms with E-state index < -0.39 is 24.0 Å². The first-order chi connectivity index (χ1) is 6.29. The molecular weight excluding hydrogens is 186 g/mol. The van der Waals surface area contributed by atoms with Crippen LogP contribution >= 0.6 is 0 Å². The van der Waals surface area contributed by atoms with Crippen LogP contribution in [0.2, 0.25) is 0 Å². The van der Waals surface area contributed by atoms with Crippen LogP contribution in [-0.2, 0) is 14.3 Å². The minimum atomic E-state index is -0.824. The Kier molecular flexibility index (Phi) is 2.92. The maximum atomic E-state index is 10.9. The predicted molar refractivity (Wildman–Crippen MR) is 48.4 cm³/mol. The number of carbonyl (C=O) groups is 2. The molecule has 0 bridgehead atoms. The summed E-state index contributed by atoms with van der Waals surface area (Å²) < 4.78 is 5.29. The lowest BCUT2D eigenvalue weighted by Crippen LogP contribution is -2.45. The highest BCUT2D eigenvalue weighted by Gasteiger charge is 2.38. The fourth-order valence-corrected chi connectivity index (χ4v) is 1.40. The number of aliphatic hydroxyl groups excluding tert-OH is 1. The maximum absolute atomic E-state index is 10.9. The zero-order valence-corrected chi connectivity index (χ0v) is 8.69. The lowest BCUT2D eigenvalue weighted by molar-refractivity contribution is -0.874. The van der Waals surface area contributed by atoms with Crippen LogP contribution in [0.4, 0.5) is 0 Å². The molecule has 1 N–H and O–H groups in total. The number of cyclic esters (lactones) is 1. The Morgan fingerprint density at radius 2 is 2.07 bits per heavy atom. The van der Waals surface area contributed by atoms with E-state index in [1.807, 2.05) is 21.1 Å². The SMILES string of the molecule is C[N+](C)(C)CC(O)C1CC(=O)C(=O)O1. The van der Waals surface area contributed by atoms with E-state index in [1.165, 1.54) is 0 Å². The topological polar surface area (TPSA) is 63.6 Å². The van der Waals surface area contributed by atoms with E-state index in [9.17, 15) is 14.7 Å². The van der Waals surface area contributed by atoms with Crippen LogP contribution in [0.1, 0.15) is 6.42 Å². The summed E-state index contributed by atoms with van der Waals surface area (Å²) in [7, 11) is 5.76.